The molecule has 0 atom stereocenters. The van der Waals surface area contributed by atoms with Crippen LogP contribution in [0.15, 0.2) is 72.8 Å². The summed E-state index contributed by atoms with van der Waals surface area (Å²) in [7, 11) is 0. The Balaban J connectivity index is 1.98. The van der Waals surface area contributed by atoms with E-state index in [0.717, 1.165) is 42.7 Å². The minimum atomic E-state index is -0.561. The number of aromatic hydroxyl groups is 1. The Labute approximate surface area is 189 Å². The summed E-state index contributed by atoms with van der Waals surface area (Å²) in [6.07, 6.45) is 1.92. The van der Waals surface area contributed by atoms with Crippen LogP contribution in [0.1, 0.15) is 25.8 Å². The maximum atomic E-state index is 12.6. The minimum absolute atomic E-state index is 0.180. The molecule has 3 aromatic rings. The molecule has 1 N–H and O–H groups in total. The Morgan fingerprint density at radius 1 is 0.938 bits per heavy atom. The second kappa shape index (κ2) is 11.1. The van der Waals surface area contributed by atoms with E-state index < -0.39 is 5.91 Å². The zero-order chi connectivity index (χ0) is 22.9. The minimum Gasteiger partial charge on any atom is -0.508 e. The highest BCUT2D eigenvalue weighted by Gasteiger charge is 2.20. The highest BCUT2D eigenvalue weighted by molar-refractivity contribution is 6.31. The molecule has 0 aromatic heterocycles. The molecule has 0 saturated heterocycles. The summed E-state index contributed by atoms with van der Waals surface area (Å²) in [4.78, 5) is 27.9. The first-order valence-corrected chi connectivity index (χ1v) is 11.1. The molecule has 1 amide bonds. The molecule has 0 aliphatic rings. The molecule has 0 heterocycles. The van der Waals surface area contributed by atoms with Gasteiger partial charge in [-0.3, -0.25) is 9.59 Å². The van der Waals surface area contributed by atoms with Crippen molar-refractivity contribution < 1.29 is 14.7 Å². The number of amides is 1. The van der Waals surface area contributed by atoms with Crippen LogP contribution >= 0.6 is 0 Å². The molecular weight excluding hydrogens is 400 g/mol. The molecular formula is C27H30N2O3. The van der Waals surface area contributed by atoms with Gasteiger partial charge in [-0.15, -0.1) is 0 Å². The first-order chi connectivity index (χ1) is 15.6. The number of hydrogen-bond acceptors (Lipinski definition) is 4. The average molecular weight is 431 g/mol. The normalized spacial score (nSPS) is 10.6. The van der Waals surface area contributed by atoms with Gasteiger partial charge >= 0.3 is 0 Å². The molecule has 0 aliphatic heterocycles. The Bertz CT molecular complexity index is 1030. The van der Waals surface area contributed by atoms with Gasteiger partial charge in [-0.05, 0) is 68.1 Å². The van der Waals surface area contributed by atoms with Gasteiger partial charge in [0.15, 0.2) is 0 Å². The van der Waals surface area contributed by atoms with E-state index >= 15 is 0 Å². The second-order valence-electron chi connectivity index (χ2n) is 7.62. The van der Waals surface area contributed by atoms with Crippen molar-refractivity contribution in [3.8, 4) is 16.9 Å². The van der Waals surface area contributed by atoms with Gasteiger partial charge in [0.2, 0.25) is 6.29 Å². The first-order valence-electron chi connectivity index (χ1n) is 11.1. The molecule has 3 aromatic carbocycles. The number of nitrogens with zero attached hydrogens (tertiary/aromatic N) is 2. The van der Waals surface area contributed by atoms with Crippen molar-refractivity contribution >= 4 is 23.6 Å². The molecule has 32 heavy (non-hydrogen) atoms. The molecule has 0 fully saturated rings. The van der Waals surface area contributed by atoms with Crippen LogP contribution in [0.25, 0.3) is 11.1 Å². The van der Waals surface area contributed by atoms with Crippen molar-refractivity contribution in [3.63, 3.8) is 0 Å². The largest absolute Gasteiger partial charge is 0.508 e. The zero-order valence-corrected chi connectivity index (χ0v) is 18.7. The third-order valence-corrected chi connectivity index (χ3v) is 5.63. The molecule has 0 aliphatic carbocycles. The zero-order valence-electron chi connectivity index (χ0n) is 18.7. The standard InChI is InChI=1S/C27H30N2O3/c1-3-28(4-2)23-14-17-26(25(19-23)22-12-15-24(31)16-13-22)29(27(32)20-30)18-8-11-21-9-6-5-7-10-21/h5-7,9-10,12-17,19-20,31H,3-4,8,11,18H2,1-2H3. The van der Waals surface area contributed by atoms with E-state index in [9.17, 15) is 14.7 Å². The molecule has 5 heteroatoms. The summed E-state index contributed by atoms with van der Waals surface area (Å²) in [5, 5.41) is 9.73. The predicted octanol–water partition coefficient (Wildman–Crippen LogP) is 5.07. The van der Waals surface area contributed by atoms with Crippen LogP contribution in [-0.2, 0) is 16.0 Å². The van der Waals surface area contributed by atoms with E-state index in [1.165, 1.54) is 5.56 Å². The van der Waals surface area contributed by atoms with Gasteiger partial charge < -0.3 is 14.9 Å². The Kier molecular flexibility index (Phi) is 8.03. The molecule has 0 bridgehead atoms. The molecule has 0 saturated carbocycles. The smallest absolute Gasteiger partial charge is 0.291 e. The predicted molar refractivity (Wildman–Crippen MR) is 130 cm³/mol. The van der Waals surface area contributed by atoms with Crippen LogP contribution < -0.4 is 9.80 Å². The number of phenols is 1. The van der Waals surface area contributed by atoms with E-state index in [1.54, 1.807) is 17.0 Å². The highest BCUT2D eigenvalue weighted by atomic mass is 16.3. The van der Waals surface area contributed by atoms with Crippen molar-refractivity contribution in [2.24, 2.45) is 0 Å². The third-order valence-electron chi connectivity index (χ3n) is 5.63. The summed E-state index contributed by atoms with van der Waals surface area (Å²) in [6.45, 7) is 6.35. The molecule has 0 unspecified atom stereocenters. The number of aryl methyl sites for hydroxylation is 1. The van der Waals surface area contributed by atoms with Gasteiger partial charge in [0.25, 0.3) is 5.91 Å². The lowest BCUT2D eigenvalue weighted by molar-refractivity contribution is -0.129. The van der Waals surface area contributed by atoms with Gasteiger partial charge in [-0.1, -0.05) is 42.5 Å². The number of aldehydes is 1. The van der Waals surface area contributed by atoms with E-state index in [4.69, 9.17) is 0 Å². The van der Waals surface area contributed by atoms with Crippen LogP contribution in [0.4, 0.5) is 11.4 Å². The summed E-state index contributed by atoms with van der Waals surface area (Å²) in [6, 6.07) is 23.0. The summed E-state index contributed by atoms with van der Waals surface area (Å²) in [5.41, 5.74) is 4.66. The number of carbonyl (C=O) groups excluding carboxylic acids is 2. The molecule has 0 radical (unpaired) electrons. The van der Waals surface area contributed by atoms with Crippen LogP contribution in [0.5, 0.6) is 5.75 Å². The molecule has 5 nitrogen and oxygen atoms in total. The average Bonchev–Trinajstić information content (AvgIpc) is 2.83. The third kappa shape index (κ3) is 5.55. The molecule has 0 spiro atoms. The van der Waals surface area contributed by atoms with E-state index in [0.29, 0.717) is 18.5 Å². The number of anilines is 2. The van der Waals surface area contributed by atoms with Gasteiger partial charge in [0, 0.05) is 30.9 Å². The van der Waals surface area contributed by atoms with Crippen molar-refractivity contribution in [1.29, 1.82) is 0 Å². The summed E-state index contributed by atoms with van der Waals surface area (Å²) < 4.78 is 0. The lowest BCUT2D eigenvalue weighted by atomic mass is 10.0. The maximum Gasteiger partial charge on any atom is 0.291 e. The Hall–Kier alpha value is -3.60. The molecule has 166 valence electrons. The summed E-state index contributed by atoms with van der Waals surface area (Å²) in [5.74, 6) is -0.382. The topological polar surface area (TPSA) is 60.9 Å². The quantitative estimate of drug-likeness (QED) is 0.360. The number of carbonyl (C=O) groups is 2. The Morgan fingerprint density at radius 3 is 2.25 bits per heavy atom. The fraction of sp³-hybridized carbons (Fsp3) is 0.259. The monoisotopic (exact) mass is 430 g/mol. The van der Waals surface area contributed by atoms with Crippen molar-refractivity contribution in [2.45, 2.75) is 26.7 Å². The lowest BCUT2D eigenvalue weighted by Crippen LogP contribution is -2.33. The highest BCUT2D eigenvalue weighted by Crippen LogP contribution is 2.35. The lowest BCUT2D eigenvalue weighted by Gasteiger charge is -2.27. The van der Waals surface area contributed by atoms with Crippen molar-refractivity contribution in [1.82, 2.24) is 0 Å². The van der Waals surface area contributed by atoms with Crippen LogP contribution in [0.2, 0.25) is 0 Å². The number of rotatable bonds is 10. The second-order valence-corrected chi connectivity index (χ2v) is 7.62. The van der Waals surface area contributed by atoms with E-state index in [1.807, 2.05) is 42.5 Å². The number of hydrogen-bond donors (Lipinski definition) is 1. The maximum absolute atomic E-state index is 12.6. The van der Waals surface area contributed by atoms with Crippen LogP contribution in [-0.4, -0.2) is 36.9 Å². The van der Waals surface area contributed by atoms with Gasteiger partial charge in [-0.25, -0.2) is 0 Å². The fourth-order valence-electron chi connectivity index (χ4n) is 3.92. The van der Waals surface area contributed by atoms with E-state index in [-0.39, 0.29) is 5.75 Å². The van der Waals surface area contributed by atoms with Crippen LogP contribution in [0, 0.1) is 0 Å². The first kappa shape index (κ1) is 23.1. The van der Waals surface area contributed by atoms with Gasteiger partial charge in [-0.2, -0.15) is 0 Å². The van der Waals surface area contributed by atoms with Gasteiger partial charge in [0.05, 0.1) is 5.69 Å². The van der Waals surface area contributed by atoms with Crippen molar-refractivity contribution in [3.05, 3.63) is 78.4 Å². The van der Waals surface area contributed by atoms with Crippen molar-refractivity contribution in [2.75, 3.05) is 29.4 Å². The number of phenolic OH excluding ortho intramolecular Hbond substituents is 1. The SMILES string of the molecule is CCN(CC)c1ccc(N(CCCc2ccccc2)C(=O)C=O)c(-c2ccc(O)cc2)c1. The van der Waals surface area contributed by atoms with Crippen LogP contribution in [0.3, 0.4) is 0 Å². The Morgan fingerprint density at radius 2 is 1.62 bits per heavy atom. The fourth-order valence-corrected chi connectivity index (χ4v) is 3.92. The number of benzene rings is 3. The molecule has 3 rings (SSSR count). The van der Waals surface area contributed by atoms with E-state index in [2.05, 4.69) is 36.9 Å². The van der Waals surface area contributed by atoms with Gasteiger partial charge in [0.1, 0.15) is 5.75 Å². The summed E-state index contributed by atoms with van der Waals surface area (Å²) >= 11 is 0.